The molecule has 3 aliphatic rings. The number of rotatable bonds is 2. The summed E-state index contributed by atoms with van der Waals surface area (Å²) in [5, 5.41) is 7.89. The Morgan fingerprint density at radius 3 is 2.81 bits per heavy atom. The Balaban J connectivity index is 1.43. The molecule has 4 rings (SSSR count). The van der Waals surface area contributed by atoms with Gasteiger partial charge in [-0.05, 0) is 86.2 Å². The highest BCUT2D eigenvalue weighted by molar-refractivity contribution is 7.80. The predicted molar refractivity (Wildman–Crippen MR) is 91.7 cm³/mol. The normalized spacial score (nSPS) is 30.0. The Kier molecular flexibility index (Phi) is 3.62. The molecule has 112 valence electrons. The summed E-state index contributed by atoms with van der Waals surface area (Å²) in [5.41, 5.74) is 4.22. The van der Waals surface area contributed by atoms with Crippen LogP contribution in [0.5, 0.6) is 0 Å². The second kappa shape index (κ2) is 5.60. The fourth-order valence-electron chi connectivity index (χ4n) is 4.65. The Bertz CT molecular complexity index is 554. The first kappa shape index (κ1) is 13.6. The van der Waals surface area contributed by atoms with Crippen LogP contribution in [-0.2, 0) is 12.8 Å². The minimum atomic E-state index is 0.614. The zero-order chi connectivity index (χ0) is 14.2. The Hall–Kier alpha value is -1.09. The first-order valence-electron chi connectivity index (χ1n) is 8.48. The van der Waals surface area contributed by atoms with Crippen molar-refractivity contribution in [2.45, 2.75) is 57.4 Å². The molecule has 21 heavy (non-hydrogen) atoms. The van der Waals surface area contributed by atoms with Crippen molar-refractivity contribution in [2.24, 2.45) is 11.8 Å². The lowest BCUT2D eigenvalue weighted by molar-refractivity contribution is 0.392. The summed E-state index contributed by atoms with van der Waals surface area (Å²) < 4.78 is 0. The van der Waals surface area contributed by atoms with Crippen LogP contribution in [0.3, 0.4) is 0 Å². The van der Waals surface area contributed by atoms with E-state index in [-0.39, 0.29) is 0 Å². The maximum atomic E-state index is 5.57. The van der Waals surface area contributed by atoms with Crippen LogP contribution in [0.25, 0.3) is 0 Å². The smallest absolute Gasteiger partial charge is 0.171 e. The number of benzene rings is 1. The zero-order valence-electron chi connectivity index (χ0n) is 12.5. The van der Waals surface area contributed by atoms with E-state index in [1.165, 1.54) is 68.2 Å². The van der Waals surface area contributed by atoms with E-state index in [2.05, 4.69) is 28.8 Å². The van der Waals surface area contributed by atoms with E-state index in [9.17, 15) is 0 Å². The summed E-state index contributed by atoms with van der Waals surface area (Å²) >= 11 is 5.57. The van der Waals surface area contributed by atoms with Crippen molar-refractivity contribution in [3.63, 3.8) is 0 Å². The van der Waals surface area contributed by atoms with Gasteiger partial charge in [0, 0.05) is 11.7 Å². The monoisotopic (exact) mass is 300 g/mol. The van der Waals surface area contributed by atoms with Crippen LogP contribution in [-0.4, -0.2) is 11.2 Å². The molecule has 0 spiro atoms. The highest BCUT2D eigenvalue weighted by Gasteiger charge is 2.39. The van der Waals surface area contributed by atoms with Gasteiger partial charge in [-0.2, -0.15) is 0 Å². The van der Waals surface area contributed by atoms with Gasteiger partial charge in [-0.1, -0.05) is 18.6 Å². The van der Waals surface area contributed by atoms with E-state index in [1.807, 2.05) is 0 Å². The first-order chi connectivity index (χ1) is 10.3. The van der Waals surface area contributed by atoms with Crippen LogP contribution in [0.15, 0.2) is 18.2 Å². The quantitative estimate of drug-likeness (QED) is 0.806. The van der Waals surface area contributed by atoms with Crippen molar-refractivity contribution in [1.82, 2.24) is 5.32 Å². The van der Waals surface area contributed by atoms with Gasteiger partial charge in [-0.3, -0.25) is 0 Å². The van der Waals surface area contributed by atoms with Crippen LogP contribution in [0, 0.1) is 11.8 Å². The molecule has 3 unspecified atom stereocenters. The third-order valence-electron chi connectivity index (χ3n) is 5.70. The fourth-order valence-corrected chi connectivity index (χ4v) is 4.91. The summed E-state index contributed by atoms with van der Waals surface area (Å²) in [6.07, 6.45) is 10.6. The topological polar surface area (TPSA) is 24.1 Å². The molecule has 2 saturated carbocycles. The highest BCUT2D eigenvalue weighted by Crippen LogP contribution is 2.44. The summed E-state index contributed by atoms with van der Waals surface area (Å²) in [5.74, 6) is 1.82. The molecule has 0 heterocycles. The molecule has 3 aliphatic carbocycles. The number of hydrogen-bond acceptors (Lipinski definition) is 1. The lowest BCUT2D eigenvalue weighted by Gasteiger charge is -2.26. The van der Waals surface area contributed by atoms with E-state index in [1.54, 1.807) is 0 Å². The predicted octanol–water partition coefficient (Wildman–Crippen LogP) is 4.04. The Morgan fingerprint density at radius 2 is 2.00 bits per heavy atom. The SMILES string of the molecule is S=C(Nc1cccc2c1CCCC2)NC1CC2CCC1C2. The molecule has 0 saturated heterocycles. The molecule has 2 N–H and O–H groups in total. The molecule has 0 radical (unpaired) electrons. The number of hydrogen-bond donors (Lipinski definition) is 2. The van der Waals surface area contributed by atoms with Gasteiger partial charge >= 0.3 is 0 Å². The first-order valence-corrected chi connectivity index (χ1v) is 8.88. The third-order valence-corrected chi connectivity index (χ3v) is 5.92. The number of thiocarbonyl (C=S) groups is 1. The van der Waals surface area contributed by atoms with Gasteiger partial charge in [0.1, 0.15) is 0 Å². The minimum Gasteiger partial charge on any atom is -0.359 e. The number of fused-ring (bicyclic) bond motifs is 3. The van der Waals surface area contributed by atoms with E-state index < -0.39 is 0 Å². The van der Waals surface area contributed by atoms with Crippen LogP contribution in [0.2, 0.25) is 0 Å². The molecule has 2 nitrogen and oxygen atoms in total. The number of nitrogens with one attached hydrogen (secondary N) is 2. The summed E-state index contributed by atoms with van der Waals surface area (Å²) in [6.45, 7) is 0. The standard InChI is InChI=1S/C18H24N2S/c21-18(20-17-11-12-8-9-14(17)10-12)19-16-7-3-5-13-4-1-2-6-15(13)16/h3,5,7,12,14,17H,1-2,4,6,8-11H2,(H2,19,20,21). The number of anilines is 1. The molecular formula is C18H24N2S. The van der Waals surface area contributed by atoms with Crippen molar-refractivity contribution in [3.8, 4) is 0 Å². The van der Waals surface area contributed by atoms with Gasteiger partial charge in [0.15, 0.2) is 5.11 Å². The molecule has 0 aromatic heterocycles. The van der Waals surface area contributed by atoms with E-state index in [0.717, 1.165) is 16.9 Å². The van der Waals surface area contributed by atoms with Gasteiger partial charge in [-0.15, -0.1) is 0 Å². The number of aryl methyl sites for hydroxylation is 1. The van der Waals surface area contributed by atoms with Crippen molar-refractivity contribution in [2.75, 3.05) is 5.32 Å². The third kappa shape index (κ3) is 2.68. The van der Waals surface area contributed by atoms with Crippen LogP contribution in [0.1, 0.15) is 49.7 Å². The molecule has 1 aromatic rings. The van der Waals surface area contributed by atoms with E-state index >= 15 is 0 Å². The summed E-state index contributed by atoms with van der Waals surface area (Å²) in [7, 11) is 0. The van der Waals surface area contributed by atoms with Crippen molar-refractivity contribution in [1.29, 1.82) is 0 Å². The second-order valence-electron chi connectivity index (χ2n) is 7.03. The lowest BCUT2D eigenvalue weighted by Crippen LogP contribution is -2.41. The van der Waals surface area contributed by atoms with Gasteiger partial charge < -0.3 is 10.6 Å². The second-order valence-corrected chi connectivity index (χ2v) is 7.44. The Morgan fingerprint density at radius 1 is 1.10 bits per heavy atom. The van der Waals surface area contributed by atoms with Gasteiger partial charge in [0.05, 0.1) is 0 Å². The molecule has 1 aromatic carbocycles. The molecule has 2 bridgehead atoms. The van der Waals surface area contributed by atoms with Crippen molar-refractivity contribution < 1.29 is 0 Å². The maximum Gasteiger partial charge on any atom is 0.171 e. The summed E-state index contributed by atoms with van der Waals surface area (Å²) in [4.78, 5) is 0. The van der Waals surface area contributed by atoms with Crippen molar-refractivity contribution >= 4 is 23.0 Å². The van der Waals surface area contributed by atoms with Crippen molar-refractivity contribution in [3.05, 3.63) is 29.3 Å². The van der Waals surface area contributed by atoms with Crippen LogP contribution in [0.4, 0.5) is 5.69 Å². The van der Waals surface area contributed by atoms with Gasteiger partial charge in [-0.25, -0.2) is 0 Å². The van der Waals surface area contributed by atoms with Gasteiger partial charge in [0.25, 0.3) is 0 Å². The van der Waals surface area contributed by atoms with Crippen LogP contribution >= 0.6 is 12.2 Å². The Labute approximate surface area is 132 Å². The van der Waals surface area contributed by atoms with E-state index in [0.29, 0.717) is 6.04 Å². The molecule has 3 atom stereocenters. The summed E-state index contributed by atoms with van der Waals surface area (Å²) in [6, 6.07) is 7.22. The maximum absolute atomic E-state index is 5.57. The minimum absolute atomic E-state index is 0.614. The molecule has 0 aliphatic heterocycles. The van der Waals surface area contributed by atoms with E-state index in [4.69, 9.17) is 12.2 Å². The lowest BCUT2D eigenvalue weighted by atomic mass is 9.90. The largest absolute Gasteiger partial charge is 0.359 e. The fraction of sp³-hybridized carbons (Fsp3) is 0.611. The van der Waals surface area contributed by atoms with Crippen LogP contribution < -0.4 is 10.6 Å². The highest BCUT2D eigenvalue weighted by atomic mass is 32.1. The molecular weight excluding hydrogens is 276 g/mol. The average Bonchev–Trinajstić information content (AvgIpc) is 3.10. The average molecular weight is 300 g/mol. The zero-order valence-corrected chi connectivity index (χ0v) is 13.3. The molecule has 3 heteroatoms. The molecule has 0 amide bonds. The van der Waals surface area contributed by atoms with Gasteiger partial charge in [0.2, 0.25) is 0 Å². The molecule has 2 fully saturated rings.